The first-order valence-corrected chi connectivity index (χ1v) is 7.19. The Bertz CT molecular complexity index is 434. The van der Waals surface area contributed by atoms with Crippen molar-refractivity contribution in [2.75, 3.05) is 0 Å². The smallest absolute Gasteiger partial charge is 0.212 e. The predicted molar refractivity (Wildman–Crippen MR) is 56.8 cm³/mol. The molecule has 1 aromatic rings. The summed E-state index contributed by atoms with van der Waals surface area (Å²) in [5, 5.41) is 0. The first kappa shape index (κ1) is 12.7. The zero-order valence-electron chi connectivity index (χ0n) is 7.36. The van der Waals surface area contributed by atoms with Crippen molar-refractivity contribution < 1.29 is 17.2 Å². The predicted octanol–water partition coefficient (Wildman–Crippen LogP) is 3.07. The van der Waals surface area contributed by atoms with E-state index in [0.717, 1.165) is 0 Å². The number of hydrogen-bond donors (Lipinski definition) is 0. The first-order valence-electron chi connectivity index (χ1n) is 3.83. The molecule has 0 aromatic heterocycles. The van der Waals surface area contributed by atoms with E-state index in [0.29, 0.717) is 22.2 Å². The van der Waals surface area contributed by atoms with Gasteiger partial charge in [0.05, 0.1) is 5.75 Å². The lowest BCUT2D eigenvalue weighted by Gasteiger charge is -2.02. The molecule has 0 spiro atoms. The number of hydrogen-bond acceptors (Lipinski definition) is 3. The number of benzene rings is 1. The fourth-order valence-electron chi connectivity index (χ4n) is 1.01. The quantitative estimate of drug-likeness (QED) is 0.624. The zero-order chi connectivity index (χ0) is 11.5. The van der Waals surface area contributed by atoms with Crippen LogP contribution in [0.15, 0.2) is 29.2 Å². The van der Waals surface area contributed by atoms with Crippen LogP contribution >= 0.6 is 22.4 Å². The molecule has 0 fully saturated rings. The Kier molecular flexibility index (Phi) is 4.36. The number of alkyl halides is 2. The standard InChI is InChI=1S/C8H7ClF2O2S2/c9-15(12,13)5-6-2-1-3-7(4-6)14-8(10)11/h1-4,8H,5H2. The minimum absolute atomic E-state index is 0.322. The maximum absolute atomic E-state index is 12.0. The molecule has 15 heavy (non-hydrogen) atoms. The highest BCUT2D eigenvalue weighted by Crippen LogP contribution is 2.26. The van der Waals surface area contributed by atoms with E-state index in [9.17, 15) is 17.2 Å². The summed E-state index contributed by atoms with van der Waals surface area (Å²) in [4.78, 5) is 0.322. The van der Waals surface area contributed by atoms with Crippen LogP contribution in [0.1, 0.15) is 5.56 Å². The summed E-state index contributed by atoms with van der Waals surface area (Å²) >= 11 is 0.367. The molecule has 1 rings (SSSR count). The van der Waals surface area contributed by atoms with Crippen molar-refractivity contribution in [2.24, 2.45) is 0 Å². The Morgan fingerprint density at radius 3 is 2.60 bits per heavy atom. The molecule has 2 nitrogen and oxygen atoms in total. The molecule has 0 radical (unpaired) electrons. The summed E-state index contributed by atoms with van der Waals surface area (Å²) in [7, 11) is 1.40. The van der Waals surface area contributed by atoms with Gasteiger partial charge < -0.3 is 0 Å². The van der Waals surface area contributed by atoms with Crippen LogP contribution < -0.4 is 0 Å². The second-order valence-corrected chi connectivity index (χ2v) is 6.55. The molecule has 0 saturated heterocycles. The van der Waals surface area contributed by atoms with Crippen LogP contribution in [0, 0.1) is 0 Å². The second kappa shape index (κ2) is 5.14. The van der Waals surface area contributed by atoms with Gasteiger partial charge in [0, 0.05) is 15.6 Å². The lowest BCUT2D eigenvalue weighted by atomic mass is 10.2. The van der Waals surface area contributed by atoms with Crippen molar-refractivity contribution >= 4 is 31.5 Å². The van der Waals surface area contributed by atoms with Crippen LogP contribution in [0.5, 0.6) is 0 Å². The summed E-state index contributed by atoms with van der Waals surface area (Å²) in [6.07, 6.45) is 0. The lowest BCUT2D eigenvalue weighted by molar-refractivity contribution is 0.252. The lowest BCUT2D eigenvalue weighted by Crippen LogP contribution is -1.95. The van der Waals surface area contributed by atoms with Crippen LogP contribution in [-0.4, -0.2) is 14.2 Å². The average Bonchev–Trinajstić information content (AvgIpc) is 1.99. The Morgan fingerprint density at radius 1 is 1.40 bits per heavy atom. The molecular weight excluding hydrogens is 266 g/mol. The molecule has 0 bridgehead atoms. The first-order chi connectivity index (χ1) is 6.87. The van der Waals surface area contributed by atoms with Gasteiger partial charge >= 0.3 is 0 Å². The third-order valence-corrected chi connectivity index (χ3v) is 3.17. The van der Waals surface area contributed by atoms with E-state index in [1.54, 1.807) is 0 Å². The van der Waals surface area contributed by atoms with E-state index in [4.69, 9.17) is 10.7 Å². The molecule has 0 amide bonds. The van der Waals surface area contributed by atoms with Crippen LogP contribution in [0.2, 0.25) is 0 Å². The molecular formula is C8H7ClF2O2S2. The van der Waals surface area contributed by atoms with Crippen molar-refractivity contribution in [1.82, 2.24) is 0 Å². The summed E-state index contributed by atoms with van der Waals surface area (Å²) < 4.78 is 45.5. The summed E-state index contributed by atoms with van der Waals surface area (Å²) in [6.45, 7) is 0. The van der Waals surface area contributed by atoms with E-state index < -0.39 is 14.8 Å². The van der Waals surface area contributed by atoms with Crippen LogP contribution in [0.3, 0.4) is 0 Å². The van der Waals surface area contributed by atoms with Crippen molar-refractivity contribution in [3.05, 3.63) is 29.8 Å². The zero-order valence-corrected chi connectivity index (χ0v) is 9.75. The van der Waals surface area contributed by atoms with Crippen LogP contribution in [-0.2, 0) is 14.8 Å². The highest BCUT2D eigenvalue weighted by molar-refractivity contribution is 8.13. The Morgan fingerprint density at radius 2 is 2.07 bits per heavy atom. The van der Waals surface area contributed by atoms with Crippen molar-refractivity contribution in [1.29, 1.82) is 0 Å². The van der Waals surface area contributed by atoms with Gasteiger partial charge in [-0.15, -0.1) is 0 Å². The Labute approximate surface area is 95.0 Å². The molecule has 0 aliphatic heterocycles. The minimum atomic E-state index is -3.65. The summed E-state index contributed by atoms with van der Waals surface area (Å²) in [6, 6.07) is 5.91. The van der Waals surface area contributed by atoms with E-state index in [-0.39, 0.29) is 5.75 Å². The number of rotatable bonds is 4. The van der Waals surface area contributed by atoms with Gasteiger partial charge in [0.1, 0.15) is 0 Å². The summed E-state index contributed by atoms with van der Waals surface area (Å²) in [5.41, 5.74) is 0.399. The molecule has 0 aliphatic rings. The third-order valence-electron chi connectivity index (χ3n) is 1.46. The maximum Gasteiger partial charge on any atom is 0.288 e. The fraction of sp³-hybridized carbons (Fsp3) is 0.250. The molecule has 7 heteroatoms. The molecule has 1 aromatic carbocycles. The largest absolute Gasteiger partial charge is 0.288 e. The van der Waals surface area contributed by atoms with Gasteiger partial charge in [-0.05, 0) is 17.7 Å². The topological polar surface area (TPSA) is 34.1 Å². The van der Waals surface area contributed by atoms with Crippen molar-refractivity contribution in [2.45, 2.75) is 16.4 Å². The van der Waals surface area contributed by atoms with Gasteiger partial charge in [0.15, 0.2) is 0 Å². The number of thioether (sulfide) groups is 1. The fourth-order valence-corrected chi connectivity index (χ4v) is 2.55. The second-order valence-electron chi connectivity index (χ2n) is 2.71. The molecule has 0 heterocycles. The molecule has 84 valence electrons. The van der Waals surface area contributed by atoms with Crippen molar-refractivity contribution in [3.63, 3.8) is 0 Å². The maximum atomic E-state index is 12.0. The van der Waals surface area contributed by atoms with Crippen LogP contribution in [0.4, 0.5) is 8.78 Å². The number of halogens is 3. The molecule has 0 N–H and O–H groups in total. The van der Waals surface area contributed by atoms with Gasteiger partial charge in [0.25, 0.3) is 5.76 Å². The SMILES string of the molecule is O=S(=O)(Cl)Cc1cccc(SC(F)F)c1. The molecule has 0 atom stereocenters. The van der Waals surface area contributed by atoms with Gasteiger partial charge in [-0.3, -0.25) is 0 Å². The third kappa shape index (κ3) is 5.34. The van der Waals surface area contributed by atoms with Crippen LogP contribution in [0.25, 0.3) is 0 Å². The summed E-state index contributed by atoms with van der Waals surface area (Å²) in [5.74, 6) is -2.88. The Balaban J connectivity index is 2.83. The van der Waals surface area contributed by atoms with Gasteiger partial charge in [-0.1, -0.05) is 23.9 Å². The van der Waals surface area contributed by atoms with Crippen molar-refractivity contribution in [3.8, 4) is 0 Å². The molecule has 0 saturated carbocycles. The molecule has 0 aliphatic carbocycles. The Hall–Kier alpha value is -0.330. The van der Waals surface area contributed by atoms with E-state index >= 15 is 0 Å². The van der Waals surface area contributed by atoms with E-state index in [1.807, 2.05) is 0 Å². The molecule has 0 unspecified atom stereocenters. The highest BCUT2D eigenvalue weighted by Gasteiger charge is 2.09. The normalized spacial score (nSPS) is 12.0. The van der Waals surface area contributed by atoms with E-state index in [1.165, 1.54) is 24.3 Å². The van der Waals surface area contributed by atoms with Gasteiger partial charge in [0.2, 0.25) is 9.05 Å². The minimum Gasteiger partial charge on any atom is -0.212 e. The van der Waals surface area contributed by atoms with Gasteiger partial charge in [-0.2, -0.15) is 8.78 Å². The average molecular weight is 273 g/mol. The monoisotopic (exact) mass is 272 g/mol. The van der Waals surface area contributed by atoms with E-state index in [2.05, 4.69) is 0 Å². The highest BCUT2D eigenvalue weighted by atomic mass is 35.7. The van der Waals surface area contributed by atoms with Gasteiger partial charge in [-0.25, -0.2) is 8.42 Å².